The van der Waals surface area contributed by atoms with Crippen molar-refractivity contribution in [2.75, 3.05) is 14.7 Å². The third-order valence-electron chi connectivity index (χ3n) is 11.6. The summed E-state index contributed by atoms with van der Waals surface area (Å²) in [5.41, 5.74) is 12.1. The van der Waals surface area contributed by atoms with E-state index in [1.807, 2.05) is 11.3 Å². The molecule has 0 saturated heterocycles. The van der Waals surface area contributed by atoms with Crippen LogP contribution in [0.4, 0.5) is 51.2 Å². The molecule has 0 radical (unpaired) electrons. The van der Waals surface area contributed by atoms with Gasteiger partial charge in [0.05, 0.1) is 11.4 Å². The number of benzene rings is 10. The Hall–Kier alpha value is -7.92. The van der Waals surface area contributed by atoms with E-state index in [0.717, 1.165) is 56.7 Å². The largest absolute Gasteiger partial charge is 0.310 e. The third-order valence-corrected chi connectivity index (χ3v) is 12.7. The van der Waals surface area contributed by atoms with E-state index in [1.54, 1.807) is 0 Å². The summed E-state index contributed by atoms with van der Waals surface area (Å²) in [6.45, 7) is 0. The molecule has 0 bridgehead atoms. The van der Waals surface area contributed by atoms with Gasteiger partial charge in [-0.05, 0) is 102 Å². The molecule has 4 heteroatoms. The lowest BCUT2D eigenvalue weighted by atomic mass is 9.98. The van der Waals surface area contributed by atoms with Gasteiger partial charge in [0, 0.05) is 70.9 Å². The van der Waals surface area contributed by atoms with Crippen molar-refractivity contribution in [1.82, 2.24) is 0 Å². The van der Waals surface area contributed by atoms with Crippen molar-refractivity contribution >= 4 is 93.5 Å². The summed E-state index contributed by atoms with van der Waals surface area (Å²) in [5, 5.41) is 5.06. The molecule has 10 aromatic carbocycles. The summed E-state index contributed by atoms with van der Waals surface area (Å²) in [5.74, 6) is 0. The topological polar surface area (TPSA) is 9.72 Å². The van der Waals surface area contributed by atoms with E-state index >= 15 is 0 Å². The molecule has 0 aliphatic rings. The minimum Gasteiger partial charge on any atom is -0.310 e. The van der Waals surface area contributed by atoms with Crippen LogP contribution in [-0.4, -0.2) is 0 Å². The van der Waals surface area contributed by atoms with Crippen molar-refractivity contribution in [3.8, 4) is 11.1 Å². The molecule has 1 aromatic heterocycles. The van der Waals surface area contributed by atoms with Crippen LogP contribution < -0.4 is 14.7 Å². The number of hydrogen-bond donors (Lipinski definition) is 0. The van der Waals surface area contributed by atoms with Gasteiger partial charge in [-0.25, -0.2) is 0 Å². The summed E-state index contributed by atoms with van der Waals surface area (Å²) in [4.78, 5) is 7.17. The van der Waals surface area contributed by atoms with Crippen LogP contribution in [0.15, 0.2) is 249 Å². The summed E-state index contributed by atoms with van der Waals surface area (Å²) in [6.07, 6.45) is 0. The Labute approximate surface area is 366 Å². The fourth-order valence-corrected chi connectivity index (χ4v) is 10.0. The molecule has 0 fully saturated rings. The lowest BCUT2D eigenvalue weighted by molar-refractivity contribution is 1.24. The van der Waals surface area contributed by atoms with Gasteiger partial charge in [-0.2, -0.15) is 0 Å². The number of fused-ring (bicyclic) bond motifs is 5. The van der Waals surface area contributed by atoms with Gasteiger partial charge in [-0.1, -0.05) is 158 Å². The van der Waals surface area contributed by atoms with E-state index in [2.05, 4.69) is 263 Å². The molecular formula is C58H41N3S. The molecule has 0 aliphatic heterocycles. The van der Waals surface area contributed by atoms with Crippen molar-refractivity contribution in [2.45, 2.75) is 0 Å². The van der Waals surface area contributed by atoms with Crippen molar-refractivity contribution in [1.29, 1.82) is 0 Å². The second-order valence-corrected chi connectivity index (χ2v) is 16.4. The standard InChI is InChI=1S/C58H41N3S/c1-5-21-42(22-6-1)50-33-15-17-37-54(50)61(55-41-57-58(52-35-14-13-34-51(52)55)53-36-16-18-38-56(53)62-57)49-32-20-31-48(40-49)60(45-27-11-4-12-28-45)47-30-19-29-46(39-47)59(43-23-7-2-8-24-43)44-25-9-3-10-26-44/h1-41H. The molecule has 294 valence electrons. The lowest BCUT2D eigenvalue weighted by Gasteiger charge is -2.32. The molecule has 11 aromatic rings. The number of para-hydroxylation sites is 4. The van der Waals surface area contributed by atoms with Crippen LogP contribution in [0.1, 0.15) is 0 Å². The highest BCUT2D eigenvalue weighted by molar-refractivity contribution is 7.26. The average molecular weight is 812 g/mol. The zero-order valence-corrected chi connectivity index (χ0v) is 34.7. The Balaban J connectivity index is 1.13. The summed E-state index contributed by atoms with van der Waals surface area (Å²) in [7, 11) is 0. The zero-order valence-electron chi connectivity index (χ0n) is 33.9. The molecule has 11 rings (SSSR count). The summed E-state index contributed by atoms with van der Waals surface area (Å²) in [6, 6.07) is 89.5. The smallest absolute Gasteiger partial charge is 0.0554 e. The maximum Gasteiger partial charge on any atom is 0.0554 e. The van der Waals surface area contributed by atoms with E-state index < -0.39 is 0 Å². The molecule has 0 unspecified atom stereocenters. The molecule has 1 heterocycles. The van der Waals surface area contributed by atoms with Gasteiger partial charge in [0.2, 0.25) is 0 Å². The van der Waals surface area contributed by atoms with E-state index in [1.165, 1.54) is 36.5 Å². The van der Waals surface area contributed by atoms with Gasteiger partial charge in [-0.15, -0.1) is 11.3 Å². The van der Waals surface area contributed by atoms with E-state index in [4.69, 9.17) is 0 Å². The maximum atomic E-state index is 2.48. The molecular weight excluding hydrogens is 771 g/mol. The fraction of sp³-hybridized carbons (Fsp3) is 0. The van der Waals surface area contributed by atoms with Crippen molar-refractivity contribution in [3.63, 3.8) is 0 Å². The Bertz CT molecular complexity index is 3270. The highest BCUT2D eigenvalue weighted by Crippen LogP contribution is 2.49. The monoisotopic (exact) mass is 811 g/mol. The minimum atomic E-state index is 1.05. The highest BCUT2D eigenvalue weighted by Gasteiger charge is 2.24. The van der Waals surface area contributed by atoms with Gasteiger partial charge in [0.15, 0.2) is 0 Å². The van der Waals surface area contributed by atoms with Crippen LogP contribution in [0.25, 0.3) is 42.1 Å². The molecule has 0 N–H and O–H groups in total. The summed E-state index contributed by atoms with van der Waals surface area (Å²) >= 11 is 1.86. The van der Waals surface area contributed by atoms with Crippen LogP contribution in [0.5, 0.6) is 0 Å². The molecule has 3 nitrogen and oxygen atoms in total. The van der Waals surface area contributed by atoms with Gasteiger partial charge in [0.1, 0.15) is 0 Å². The normalized spacial score (nSPS) is 11.2. The van der Waals surface area contributed by atoms with Crippen LogP contribution in [-0.2, 0) is 0 Å². The first kappa shape index (κ1) is 37.1. The van der Waals surface area contributed by atoms with Crippen LogP contribution in [0.3, 0.4) is 0 Å². The third kappa shape index (κ3) is 6.83. The Morgan fingerprint density at radius 3 is 1.26 bits per heavy atom. The quantitative estimate of drug-likeness (QED) is 0.136. The predicted molar refractivity (Wildman–Crippen MR) is 266 cm³/mol. The van der Waals surface area contributed by atoms with Crippen LogP contribution in [0.2, 0.25) is 0 Å². The van der Waals surface area contributed by atoms with Crippen LogP contribution >= 0.6 is 11.3 Å². The van der Waals surface area contributed by atoms with Gasteiger partial charge in [-0.3, -0.25) is 0 Å². The predicted octanol–water partition coefficient (Wildman–Crippen LogP) is 17.3. The molecule has 0 saturated carbocycles. The molecule has 0 aliphatic carbocycles. The molecule has 62 heavy (non-hydrogen) atoms. The SMILES string of the molecule is c1ccc(-c2ccccc2N(c2cccc(N(c3ccccc3)c3cccc(N(c4ccccc4)c4ccccc4)c3)c2)c2cc3sc4ccccc4c3c3ccccc23)cc1. The number of nitrogens with zero attached hydrogens (tertiary/aromatic N) is 3. The molecule has 0 amide bonds. The van der Waals surface area contributed by atoms with Crippen molar-refractivity contribution < 1.29 is 0 Å². The van der Waals surface area contributed by atoms with Gasteiger partial charge < -0.3 is 14.7 Å². The fourth-order valence-electron chi connectivity index (χ4n) is 8.86. The first-order valence-corrected chi connectivity index (χ1v) is 21.8. The average Bonchev–Trinajstić information content (AvgIpc) is 3.72. The Kier molecular flexibility index (Phi) is 9.74. The number of rotatable bonds is 10. The number of anilines is 9. The van der Waals surface area contributed by atoms with Crippen molar-refractivity contribution in [2.24, 2.45) is 0 Å². The van der Waals surface area contributed by atoms with Crippen LogP contribution in [0, 0.1) is 0 Å². The number of thiophene rings is 1. The number of hydrogen-bond acceptors (Lipinski definition) is 4. The highest BCUT2D eigenvalue weighted by atomic mass is 32.1. The van der Waals surface area contributed by atoms with Crippen molar-refractivity contribution in [3.05, 3.63) is 249 Å². The van der Waals surface area contributed by atoms with E-state index in [9.17, 15) is 0 Å². The second kappa shape index (κ2) is 16.3. The lowest BCUT2D eigenvalue weighted by Crippen LogP contribution is -2.15. The van der Waals surface area contributed by atoms with Gasteiger partial charge >= 0.3 is 0 Å². The molecule has 0 atom stereocenters. The minimum absolute atomic E-state index is 1.05. The Morgan fingerprint density at radius 1 is 0.258 bits per heavy atom. The first-order chi connectivity index (χ1) is 30.8. The summed E-state index contributed by atoms with van der Waals surface area (Å²) < 4.78 is 2.56. The van der Waals surface area contributed by atoms with Gasteiger partial charge in [0.25, 0.3) is 0 Å². The Morgan fingerprint density at radius 2 is 0.677 bits per heavy atom. The van der Waals surface area contributed by atoms with E-state index in [0.29, 0.717) is 0 Å². The zero-order chi connectivity index (χ0) is 41.2. The second-order valence-electron chi connectivity index (χ2n) is 15.3. The first-order valence-electron chi connectivity index (χ1n) is 21.0. The van der Waals surface area contributed by atoms with E-state index in [-0.39, 0.29) is 0 Å². The maximum absolute atomic E-state index is 2.48. The molecule has 0 spiro atoms.